The average Bonchev–Trinajstić information content (AvgIpc) is 2.79. The van der Waals surface area contributed by atoms with E-state index in [0.717, 1.165) is 0 Å². The van der Waals surface area contributed by atoms with E-state index in [-0.39, 0.29) is 34.2 Å². The van der Waals surface area contributed by atoms with Crippen molar-refractivity contribution in [2.24, 2.45) is 16.0 Å². The molecule has 12 heteroatoms. The van der Waals surface area contributed by atoms with Crippen molar-refractivity contribution in [3.63, 3.8) is 0 Å². The summed E-state index contributed by atoms with van der Waals surface area (Å²) in [6, 6.07) is 7.39. The van der Waals surface area contributed by atoms with Crippen LogP contribution in [0, 0.1) is 5.92 Å². The van der Waals surface area contributed by atoms with Crippen LogP contribution in [-0.4, -0.2) is 41.4 Å². The maximum atomic E-state index is 13.4. The summed E-state index contributed by atoms with van der Waals surface area (Å²) in [6.45, 7) is 4.10. The zero-order chi connectivity index (χ0) is 24.6. The van der Waals surface area contributed by atoms with E-state index in [2.05, 4.69) is 20.0 Å². The average molecular weight is 485 g/mol. The van der Waals surface area contributed by atoms with Crippen molar-refractivity contribution in [1.82, 2.24) is 9.55 Å². The lowest BCUT2D eigenvalue weighted by atomic mass is 10.1. The van der Waals surface area contributed by atoms with Crippen LogP contribution in [0.4, 0.5) is 11.4 Å². The Bertz CT molecular complexity index is 1490. The number of nitrogens with two attached hydrogens (primary N) is 1. The number of hydrogen-bond donors (Lipinski definition) is 4. The minimum Gasteiger partial charge on any atom is -0.506 e. The zero-order valence-corrected chi connectivity index (χ0v) is 19.4. The fourth-order valence-corrected chi connectivity index (χ4v) is 4.78. The highest BCUT2D eigenvalue weighted by Gasteiger charge is 2.30. The number of pyridine rings is 2. The van der Waals surface area contributed by atoms with E-state index in [1.165, 1.54) is 29.0 Å². The number of amidine groups is 1. The Morgan fingerprint density at radius 1 is 1.29 bits per heavy atom. The molecule has 3 aromatic rings. The molecule has 3 heterocycles. The van der Waals surface area contributed by atoms with Gasteiger partial charge in [-0.1, -0.05) is 13.8 Å². The predicted molar refractivity (Wildman–Crippen MR) is 129 cm³/mol. The number of aromatic nitrogens is 2. The molecular weight excluding hydrogens is 460 g/mol. The van der Waals surface area contributed by atoms with Gasteiger partial charge in [-0.05, 0) is 42.7 Å². The lowest BCUT2D eigenvalue weighted by Gasteiger charge is -2.21. The summed E-state index contributed by atoms with van der Waals surface area (Å²) in [5.74, 6) is -0.889. The van der Waals surface area contributed by atoms with Gasteiger partial charge in [0.15, 0.2) is 5.84 Å². The van der Waals surface area contributed by atoms with Gasteiger partial charge in [0.1, 0.15) is 21.9 Å². The van der Waals surface area contributed by atoms with Gasteiger partial charge in [0.2, 0.25) is 5.91 Å². The zero-order valence-electron chi connectivity index (χ0n) is 18.6. The van der Waals surface area contributed by atoms with Crippen LogP contribution in [-0.2, 0) is 21.4 Å². The Morgan fingerprint density at radius 2 is 2.06 bits per heavy atom. The van der Waals surface area contributed by atoms with Crippen molar-refractivity contribution in [2.45, 2.75) is 31.7 Å². The van der Waals surface area contributed by atoms with Crippen molar-refractivity contribution >= 4 is 44.2 Å². The first-order valence-corrected chi connectivity index (χ1v) is 12.0. The van der Waals surface area contributed by atoms with E-state index in [4.69, 9.17) is 5.73 Å². The predicted octanol–water partition coefficient (Wildman–Crippen LogP) is 1.61. The fraction of sp³-hybridized carbons (Fsp3) is 0.273. The van der Waals surface area contributed by atoms with Crippen LogP contribution in [0.5, 0.6) is 5.75 Å². The number of nitrogens with zero attached hydrogens (tertiary/aromatic N) is 3. The van der Waals surface area contributed by atoms with E-state index in [1.54, 1.807) is 12.1 Å². The summed E-state index contributed by atoms with van der Waals surface area (Å²) in [5.41, 5.74) is 5.09. The Hall–Kier alpha value is -3.77. The monoisotopic (exact) mass is 484 g/mol. The van der Waals surface area contributed by atoms with E-state index in [1.807, 2.05) is 13.8 Å². The molecule has 0 radical (unpaired) electrons. The van der Waals surface area contributed by atoms with Gasteiger partial charge >= 0.3 is 0 Å². The number of sulfonamides is 1. The molecule has 0 atom stereocenters. The largest absolute Gasteiger partial charge is 0.506 e. The highest BCUT2D eigenvalue weighted by atomic mass is 32.2. The van der Waals surface area contributed by atoms with Crippen molar-refractivity contribution in [1.29, 1.82) is 0 Å². The Morgan fingerprint density at radius 3 is 2.76 bits per heavy atom. The first-order chi connectivity index (χ1) is 16.1. The van der Waals surface area contributed by atoms with Gasteiger partial charge in [-0.25, -0.2) is 4.98 Å². The molecule has 0 unspecified atom stereocenters. The standard InChI is InChI=1S/C22H24N6O5S/c1-12(2)7-9-28-21-14(4-3-8-24-21)19(30)18(22(28)31)20-26-15-6-5-13(25-17(29)11-23)10-16(15)34(32,33)27-20/h3-6,8,10,12,30H,7,9,11,23H2,1-2H3,(H,25,29)(H,26,27). The number of rotatable bonds is 6. The number of anilines is 2. The van der Waals surface area contributed by atoms with Gasteiger partial charge in [-0.15, -0.1) is 4.40 Å². The summed E-state index contributed by atoms with van der Waals surface area (Å²) in [4.78, 5) is 29.1. The molecule has 4 rings (SSSR count). The third-order valence-corrected chi connectivity index (χ3v) is 6.67. The van der Waals surface area contributed by atoms with Crippen LogP contribution in [0.2, 0.25) is 0 Å². The quantitative estimate of drug-likeness (QED) is 0.409. The molecule has 0 fully saturated rings. The number of aromatic hydroxyl groups is 1. The summed E-state index contributed by atoms with van der Waals surface area (Å²) >= 11 is 0. The number of amides is 1. The molecule has 0 saturated carbocycles. The minimum atomic E-state index is -4.26. The number of hydrogen-bond acceptors (Lipinski definition) is 8. The third-order valence-electron chi connectivity index (χ3n) is 5.35. The summed E-state index contributed by atoms with van der Waals surface area (Å²) in [6.07, 6.45) is 2.19. The van der Waals surface area contributed by atoms with E-state index < -0.39 is 27.2 Å². The van der Waals surface area contributed by atoms with Gasteiger partial charge in [0.05, 0.1) is 17.6 Å². The molecule has 178 valence electrons. The Kier molecular flexibility index (Phi) is 6.11. The van der Waals surface area contributed by atoms with Gasteiger partial charge in [-0.3, -0.25) is 14.2 Å². The second-order valence-corrected chi connectivity index (χ2v) is 9.81. The molecule has 0 aliphatic carbocycles. The van der Waals surface area contributed by atoms with Gasteiger partial charge in [0, 0.05) is 18.4 Å². The van der Waals surface area contributed by atoms with Crippen LogP contribution in [0.15, 0.2) is 50.6 Å². The number of benzene rings is 1. The van der Waals surface area contributed by atoms with Crippen LogP contribution in [0.1, 0.15) is 25.8 Å². The number of carbonyl (C=O) groups excluding carboxylic acids is 1. The van der Waals surface area contributed by atoms with Crippen LogP contribution in [0.3, 0.4) is 0 Å². The van der Waals surface area contributed by atoms with Crippen LogP contribution >= 0.6 is 0 Å². The Balaban J connectivity index is 1.86. The van der Waals surface area contributed by atoms with Gasteiger partial charge in [-0.2, -0.15) is 8.42 Å². The smallest absolute Gasteiger partial charge is 0.286 e. The molecule has 1 aromatic carbocycles. The molecule has 2 aromatic heterocycles. The molecule has 1 amide bonds. The number of nitrogens with one attached hydrogen (secondary N) is 2. The summed E-state index contributed by atoms with van der Waals surface area (Å²) in [5, 5.41) is 16.6. The minimum absolute atomic E-state index is 0.148. The molecule has 0 saturated heterocycles. The second kappa shape index (κ2) is 8.88. The maximum absolute atomic E-state index is 13.4. The molecule has 1 aliphatic heterocycles. The van der Waals surface area contributed by atoms with Crippen LogP contribution < -0.4 is 21.9 Å². The molecule has 1 aliphatic rings. The lowest BCUT2D eigenvalue weighted by molar-refractivity contribution is -0.114. The highest BCUT2D eigenvalue weighted by Crippen LogP contribution is 2.33. The first-order valence-electron chi connectivity index (χ1n) is 10.6. The Labute approximate surface area is 195 Å². The molecule has 0 bridgehead atoms. The first kappa shape index (κ1) is 23.4. The molecule has 11 nitrogen and oxygen atoms in total. The lowest BCUT2D eigenvalue weighted by Crippen LogP contribution is -2.33. The number of aryl methyl sites for hydroxylation is 1. The van der Waals surface area contributed by atoms with E-state index >= 15 is 0 Å². The molecule has 0 spiro atoms. The van der Waals surface area contributed by atoms with Crippen molar-refractivity contribution < 1.29 is 18.3 Å². The number of fused-ring (bicyclic) bond motifs is 2. The fourth-order valence-electron chi connectivity index (χ4n) is 3.63. The van der Waals surface area contributed by atoms with Crippen molar-refractivity contribution in [2.75, 3.05) is 17.2 Å². The van der Waals surface area contributed by atoms with Crippen LogP contribution in [0.25, 0.3) is 11.0 Å². The third kappa shape index (κ3) is 4.24. The summed E-state index contributed by atoms with van der Waals surface area (Å²) in [7, 11) is -4.26. The molecule has 34 heavy (non-hydrogen) atoms. The second-order valence-electron chi connectivity index (χ2n) is 8.24. The topological polar surface area (TPSA) is 169 Å². The molecular formula is C22H24N6O5S. The maximum Gasteiger partial charge on any atom is 0.286 e. The number of carbonyl (C=O) groups is 1. The van der Waals surface area contributed by atoms with E-state index in [9.17, 15) is 23.1 Å². The van der Waals surface area contributed by atoms with Gasteiger partial charge < -0.3 is 21.5 Å². The normalized spacial score (nSPS) is 14.4. The SMILES string of the molecule is CC(C)CCn1c(=O)c(C2=NS(=O)(=O)c3cc(NC(=O)CN)ccc3N2)c(O)c2cccnc21. The highest BCUT2D eigenvalue weighted by molar-refractivity contribution is 7.90. The molecule has 5 N–H and O–H groups in total. The van der Waals surface area contributed by atoms with Gasteiger partial charge in [0.25, 0.3) is 15.6 Å². The van der Waals surface area contributed by atoms with Crippen molar-refractivity contribution in [3.8, 4) is 5.75 Å². The van der Waals surface area contributed by atoms with E-state index in [0.29, 0.717) is 29.9 Å². The summed E-state index contributed by atoms with van der Waals surface area (Å²) < 4.78 is 31.2. The van der Waals surface area contributed by atoms with Crippen molar-refractivity contribution in [3.05, 3.63) is 52.4 Å².